The largest absolute Gasteiger partial charge is 0.486 e. The van der Waals surface area contributed by atoms with Gasteiger partial charge in [0.15, 0.2) is 11.5 Å². The van der Waals surface area contributed by atoms with Gasteiger partial charge >= 0.3 is 0 Å². The Bertz CT molecular complexity index is 1110. The Balaban J connectivity index is 1.31. The average molecular weight is 460 g/mol. The minimum atomic E-state index is -0.0264. The van der Waals surface area contributed by atoms with Crippen molar-refractivity contribution in [3.63, 3.8) is 0 Å². The maximum atomic E-state index is 13.1. The molecule has 1 amide bonds. The van der Waals surface area contributed by atoms with Gasteiger partial charge in [-0.15, -0.1) is 10.2 Å². The normalized spacial score (nSPS) is 15.0. The molecule has 9 heteroatoms. The number of carbonyl (C=O) groups is 1. The van der Waals surface area contributed by atoms with Gasteiger partial charge in [-0.05, 0) is 54.8 Å². The number of aromatic nitrogens is 2. The molecule has 5 rings (SSSR count). The monoisotopic (exact) mass is 459 g/mol. The van der Waals surface area contributed by atoms with Crippen molar-refractivity contribution in [2.45, 2.75) is 31.8 Å². The summed E-state index contributed by atoms with van der Waals surface area (Å²) in [6.07, 6.45) is 2.13. The number of hydrogen-bond acceptors (Lipinski definition) is 6. The van der Waals surface area contributed by atoms with E-state index in [1.807, 2.05) is 18.2 Å². The Morgan fingerprint density at radius 3 is 2.61 bits per heavy atom. The molecule has 0 bridgehead atoms. The third kappa shape index (κ3) is 4.48. The zero-order valence-electron chi connectivity index (χ0n) is 16.5. The lowest BCUT2D eigenvalue weighted by Crippen LogP contribution is -2.34. The van der Waals surface area contributed by atoms with Crippen molar-refractivity contribution in [2.24, 2.45) is 0 Å². The molecule has 0 radical (unpaired) electrons. The lowest BCUT2D eigenvalue weighted by Gasteiger charge is -2.22. The third-order valence-corrected chi connectivity index (χ3v) is 5.72. The molecule has 2 aliphatic rings. The highest BCUT2D eigenvalue weighted by Gasteiger charge is 2.34. The highest BCUT2D eigenvalue weighted by molar-refractivity contribution is 6.32. The Labute approximate surface area is 188 Å². The Morgan fingerprint density at radius 2 is 1.84 bits per heavy atom. The van der Waals surface area contributed by atoms with E-state index < -0.39 is 0 Å². The molecule has 1 saturated carbocycles. The number of amides is 1. The predicted molar refractivity (Wildman–Crippen MR) is 114 cm³/mol. The second-order valence-corrected chi connectivity index (χ2v) is 8.38. The second kappa shape index (κ2) is 8.40. The van der Waals surface area contributed by atoms with E-state index in [2.05, 4.69) is 10.2 Å². The van der Waals surface area contributed by atoms with E-state index in [4.69, 9.17) is 37.1 Å². The van der Waals surface area contributed by atoms with Gasteiger partial charge in [-0.25, -0.2) is 0 Å². The van der Waals surface area contributed by atoms with Gasteiger partial charge in [-0.1, -0.05) is 23.2 Å². The van der Waals surface area contributed by atoms with Gasteiger partial charge in [0, 0.05) is 16.6 Å². The van der Waals surface area contributed by atoms with Crippen molar-refractivity contribution in [1.29, 1.82) is 0 Å². The quantitative estimate of drug-likeness (QED) is 0.537. The lowest BCUT2D eigenvalue weighted by molar-refractivity contribution is -0.132. The summed E-state index contributed by atoms with van der Waals surface area (Å²) in [4.78, 5) is 14.9. The maximum Gasteiger partial charge on any atom is 0.247 e. The molecule has 0 unspecified atom stereocenters. The Hall–Kier alpha value is -2.77. The van der Waals surface area contributed by atoms with Crippen molar-refractivity contribution in [3.05, 3.63) is 57.9 Å². The summed E-state index contributed by atoms with van der Waals surface area (Å²) in [6, 6.07) is 10.9. The molecule has 31 heavy (non-hydrogen) atoms. The van der Waals surface area contributed by atoms with Gasteiger partial charge in [-0.2, -0.15) is 0 Å². The van der Waals surface area contributed by atoms with Crippen LogP contribution in [0.4, 0.5) is 0 Å². The van der Waals surface area contributed by atoms with Crippen molar-refractivity contribution >= 4 is 29.1 Å². The fourth-order valence-corrected chi connectivity index (χ4v) is 3.94. The molecular formula is C22H19Cl2N3O4. The molecule has 0 saturated heterocycles. The molecule has 1 fully saturated rings. The van der Waals surface area contributed by atoms with Crippen molar-refractivity contribution in [2.75, 3.05) is 13.2 Å². The van der Waals surface area contributed by atoms with Gasteiger partial charge in [-0.3, -0.25) is 4.79 Å². The zero-order valence-corrected chi connectivity index (χ0v) is 18.0. The van der Waals surface area contributed by atoms with Crippen LogP contribution >= 0.6 is 23.2 Å². The Kier molecular flexibility index (Phi) is 5.46. The molecule has 160 valence electrons. The van der Waals surface area contributed by atoms with Gasteiger partial charge in [0.2, 0.25) is 17.7 Å². The fourth-order valence-electron chi connectivity index (χ4n) is 3.52. The average Bonchev–Trinajstić information content (AvgIpc) is 3.50. The molecule has 7 nitrogen and oxygen atoms in total. The van der Waals surface area contributed by atoms with Crippen LogP contribution in [0.25, 0.3) is 11.5 Å². The molecule has 1 aromatic heterocycles. The van der Waals surface area contributed by atoms with Gasteiger partial charge in [0.25, 0.3) is 0 Å². The summed E-state index contributed by atoms with van der Waals surface area (Å²) in [7, 11) is 0. The van der Waals surface area contributed by atoms with Crippen LogP contribution in [0.2, 0.25) is 10.0 Å². The number of carbonyl (C=O) groups excluding carboxylic acids is 1. The smallest absolute Gasteiger partial charge is 0.247 e. The first kappa shape index (κ1) is 20.2. The summed E-state index contributed by atoms with van der Waals surface area (Å²) in [5.41, 5.74) is 1.55. The van der Waals surface area contributed by atoms with Crippen LogP contribution in [-0.2, 0) is 17.8 Å². The molecule has 0 atom stereocenters. The zero-order chi connectivity index (χ0) is 21.4. The second-order valence-electron chi connectivity index (χ2n) is 7.54. The van der Waals surface area contributed by atoms with E-state index in [1.54, 1.807) is 23.1 Å². The minimum Gasteiger partial charge on any atom is -0.486 e. The fraction of sp³-hybridized carbons (Fsp3) is 0.318. The third-order valence-electron chi connectivity index (χ3n) is 5.18. The van der Waals surface area contributed by atoms with Crippen molar-refractivity contribution < 1.29 is 18.7 Å². The van der Waals surface area contributed by atoms with Crippen molar-refractivity contribution in [3.8, 4) is 23.0 Å². The molecular weight excluding hydrogens is 441 g/mol. The van der Waals surface area contributed by atoms with Crippen LogP contribution in [-0.4, -0.2) is 40.3 Å². The highest BCUT2D eigenvalue weighted by Crippen LogP contribution is 2.39. The molecule has 0 spiro atoms. The number of fused-ring (bicyclic) bond motifs is 1. The standard InChI is InChI=1S/C22H19Cl2N3O4/c23-15-3-1-14(2-4-15)22-26-25-19(31-22)12-27(16-5-6-16)20(28)11-13-9-17(24)21-18(10-13)29-7-8-30-21/h1-4,9-10,16H,5-8,11-12H2. The number of hydrogen-bond donors (Lipinski definition) is 0. The topological polar surface area (TPSA) is 77.7 Å². The van der Waals surface area contributed by atoms with Crippen LogP contribution in [0, 0.1) is 0 Å². The highest BCUT2D eigenvalue weighted by atomic mass is 35.5. The van der Waals surface area contributed by atoms with E-state index in [1.165, 1.54) is 0 Å². The summed E-state index contributed by atoms with van der Waals surface area (Å²) < 4.78 is 17.0. The van der Waals surface area contributed by atoms with E-state index in [9.17, 15) is 4.79 Å². The summed E-state index contributed by atoms with van der Waals surface area (Å²) in [6.45, 7) is 1.19. The van der Waals surface area contributed by atoms with Gasteiger partial charge in [0.1, 0.15) is 13.2 Å². The number of rotatable bonds is 6. The molecule has 1 aliphatic carbocycles. The maximum absolute atomic E-state index is 13.1. The first-order valence-corrected chi connectivity index (χ1v) is 10.8. The van der Waals surface area contributed by atoms with E-state index in [-0.39, 0.29) is 24.9 Å². The number of nitrogens with zero attached hydrogens (tertiary/aromatic N) is 3. The molecule has 2 heterocycles. The van der Waals surface area contributed by atoms with Gasteiger partial charge in [0.05, 0.1) is 18.0 Å². The van der Waals surface area contributed by atoms with Crippen LogP contribution in [0.5, 0.6) is 11.5 Å². The van der Waals surface area contributed by atoms with Crippen LogP contribution in [0.15, 0.2) is 40.8 Å². The molecule has 1 aliphatic heterocycles. The molecule has 2 aromatic carbocycles. The molecule has 3 aromatic rings. The minimum absolute atomic E-state index is 0.0264. The Morgan fingerprint density at radius 1 is 1.06 bits per heavy atom. The van der Waals surface area contributed by atoms with E-state index in [0.29, 0.717) is 46.5 Å². The van der Waals surface area contributed by atoms with Gasteiger partial charge < -0.3 is 18.8 Å². The summed E-state index contributed by atoms with van der Waals surface area (Å²) in [5.74, 6) is 1.87. The predicted octanol–water partition coefficient (Wildman–Crippen LogP) is 4.55. The molecule has 0 N–H and O–H groups in total. The number of ether oxygens (including phenoxy) is 2. The van der Waals surface area contributed by atoms with Crippen LogP contribution in [0.3, 0.4) is 0 Å². The lowest BCUT2D eigenvalue weighted by atomic mass is 10.1. The number of halogens is 2. The summed E-state index contributed by atoms with van der Waals surface area (Å²) in [5, 5.41) is 9.31. The SMILES string of the molecule is O=C(Cc1cc(Cl)c2c(c1)OCCO2)N(Cc1nnc(-c2ccc(Cl)cc2)o1)C1CC1. The van der Waals surface area contributed by atoms with Crippen LogP contribution in [0.1, 0.15) is 24.3 Å². The van der Waals surface area contributed by atoms with E-state index in [0.717, 1.165) is 24.0 Å². The first-order valence-electron chi connectivity index (χ1n) is 10.0. The van der Waals surface area contributed by atoms with Crippen molar-refractivity contribution in [1.82, 2.24) is 15.1 Å². The first-order chi connectivity index (χ1) is 15.1. The van der Waals surface area contributed by atoms with E-state index >= 15 is 0 Å². The van der Waals surface area contributed by atoms with Crippen LogP contribution < -0.4 is 9.47 Å². The number of benzene rings is 2. The summed E-state index contributed by atoms with van der Waals surface area (Å²) >= 11 is 12.2.